The van der Waals surface area contributed by atoms with Crippen molar-refractivity contribution >= 4 is 17.7 Å². The fourth-order valence-electron chi connectivity index (χ4n) is 2.95. The zero-order valence-electron chi connectivity index (χ0n) is 19.4. The SMILES string of the molecule is CC(C)c1cc(O[C@H](CF)C(CCl)N(Cc2noc(=O)[nH]2)C(=O)OC(C)(C)C)nn(C)c1=O. The van der Waals surface area contributed by atoms with Gasteiger partial charge in [-0.3, -0.25) is 19.2 Å². The van der Waals surface area contributed by atoms with Crippen molar-refractivity contribution in [3.05, 3.63) is 38.4 Å². The summed E-state index contributed by atoms with van der Waals surface area (Å²) in [6.07, 6.45) is -2.09. The minimum Gasteiger partial charge on any atom is -0.468 e. The van der Waals surface area contributed by atoms with Crippen molar-refractivity contribution in [1.82, 2.24) is 24.8 Å². The second-order valence-corrected chi connectivity index (χ2v) is 9.01. The minimum atomic E-state index is -1.27. The molecule has 0 spiro atoms. The van der Waals surface area contributed by atoms with Crippen molar-refractivity contribution in [3.8, 4) is 5.88 Å². The Morgan fingerprint density at radius 3 is 2.52 bits per heavy atom. The summed E-state index contributed by atoms with van der Waals surface area (Å²) in [7, 11) is 1.46. The van der Waals surface area contributed by atoms with Gasteiger partial charge in [-0.05, 0) is 26.7 Å². The van der Waals surface area contributed by atoms with Gasteiger partial charge in [0.15, 0.2) is 11.9 Å². The highest BCUT2D eigenvalue weighted by Gasteiger charge is 2.36. The third kappa shape index (κ3) is 7.04. The number of alkyl halides is 2. The molecule has 2 rings (SSSR count). The number of carbonyl (C=O) groups excluding carboxylic acids is 1. The number of rotatable bonds is 9. The molecule has 2 atom stereocenters. The Balaban J connectivity index is 2.41. The van der Waals surface area contributed by atoms with Crippen molar-refractivity contribution in [2.75, 3.05) is 12.6 Å². The number of aromatic amines is 1. The van der Waals surface area contributed by atoms with E-state index in [1.807, 2.05) is 13.8 Å². The Labute approximate surface area is 194 Å². The zero-order valence-corrected chi connectivity index (χ0v) is 20.2. The van der Waals surface area contributed by atoms with Gasteiger partial charge in [-0.1, -0.05) is 19.0 Å². The first-order chi connectivity index (χ1) is 15.4. The number of carbonyl (C=O) groups is 1. The van der Waals surface area contributed by atoms with E-state index in [0.717, 1.165) is 9.58 Å². The van der Waals surface area contributed by atoms with E-state index in [9.17, 15) is 18.8 Å². The van der Waals surface area contributed by atoms with Crippen LogP contribution < -0.4 is 16.1 Å². The van der Waals surface area contributed by atoms with Gasteiger partial charge in [0.1, 0.15) is 12.3 Å². The van der Waals surface area contributed by atoms with E-state index < -0.39 is 36.3 Å². The molecule has 0 aromatic carbocycles. The summed E-state index contributed by atoms with van der Waals surface area (Å²) in [5.41, 5.74) is -0.721. The standard InChI is InChI=1S/C20H29ClFN5O6/c1-11(2)12-7-16(24-26(6)17(12)28)31-14(9-22)13(8-21)27(19(30)32-20(3,4)5)10-15-23-18(29)33-25-15/h7,11,13-14H,8-10H2,1-6H3,(H,23,25,29)/t13?,14-/m1/s1. The van der Waals surface area contributed by atoms with Crippen molar-refractivity contribution in [2.45, 2.75) is 64.8 Å². The summed E-state index contributed by atoms with van der Waals surface area (Å²) in [5, 5.41) is 7.59. The molecule has 33 heavy (non-hydrogen) atoms. The molecule has 1 N–H and O–H groups in total. The molecule has 0 aliphatic rings. The molecule has 0 aliphatic heterocycles. The molecule has 0 radical (unpaired) electrons. The number of ether oxygens (including phenoxy) is 2. The number of nitrogens with one attached hydrogen (secondary N) is 1. The smallest absolute Gasteiger partial charge is 0.438 e. The van der Waals surface area contributed by atoms with Gasteiger partial charge in [-0.2, -0.15) is 0 Å². The van der Waals surface area contributed by atoms with E-state index in [1.54, 1.807) is 20.8 Å². The Morgan fingerprint density at radius 1 is 1.36 bits per heavy atom. The molecular formula is C20H29ClFN5O6. The monoisotopic (exact) mass is 489 g/mol. The van der Waals surface area contributed by atoms with Crippen molar-refractivity contribution in [3.63, 3.8) is 0 Å². The molecule has 13 heteroatoms. The molecule has 11 nitrogen and oxygen atoms in total. The molecule has 2 aromatic heterocycles. The molecule has 2 heterocycles. The van der Waals surface area contributed by atoms with Crippen LogP contribution in [-0.2, 0) is 18.3 Å². The number of halogens is 2. The molecule has 184 valence electrons. The van der Waals surface area contributed by atoms with Gasteiger partial charge in [0.05, 0.1) is 12.6 Å². The lowest BCUT2D eigenvalue weighted by Crippen LogP contribution is -2.52. The van der Waals surface area contributed by atoms with Gasteiger partial charge in [0, 0.05) is 24.6 Å². The van der Waals surface area contributed by atoms with Crippen LogP contribution in [0.15, 0.2) is 20.2 Å². The van der Waals surface area contributed by atoms with E-state index in [2.05, 4.69) is 19.8 Å². The van der Waals surface area contributed by atoms with E-state index >= 15 is 0 Å². The quantitative estimate of drug-likeness (QED) is 0.531. The Morgan fingerprint density at radius 2 is 2.03 bits per heavy atom. The van der Waals surface area contributed by atoms with Gasteiger partial charge in [-0.15, -0.1) is 16.7 Å². The number of H-pyrrole nitrogens is 1. The Hall–Kier alpha value is -2.89. The first-order valence-electron chi connectivity index (χ1n) is 10.3. The van der Waals surface area contributed by atoms with Gasteiger partial charge in [0.2, 0.25) is 5.88 Å². The molecule has 0 fully saturated rings. The maximum absolute atomic E-state index is 14.2. The molecule has 0 aliphatic carbocycles. The summed E-state index contributed by atoms with van der Waals surface area (Å²) < 4.78 is 30.9. The largest absolute Gasteiger partial charge is 0.468 e. The van der Waals surface area contributed by atoms with Crippen LogP contribution in [0.25, 0.3) is 0 Å². The summed E-state index contributed by atoms with van der Waals surface area (Å²) in [4.78, 5) is 40.0. The lowest BCUT2D eigenvalue weighted by molar-refractivity contribution is -0.00503. The fraction of sp³-hybridized carbons (Fsp3) is 0.650. The summed E-state index contributed by atoms with van der Waals surface area (Å²) >= 11 is 6.14. The van der Waals surface area contributed by atoms with Crippen LogP contribution >= 0.6 is 11.6 Å². The maximum Gasteiger partial charge on any atom is 0.438 e. The highest BCUT2D eigenvalue weighted by atomic mass is 35.5. The van der Waals surface area contributed by atoms with Crippen LogP contribution in [0.2, 0.25) is 0 Å². The summed E-state index contributed by atoms with van der Waals surface area (Å²) in [5.74, 6) is -1.16. The average molecular weight is 490 g/mol. The Bertz CT molecular complexity index is 1060. The van der Waals surface area contributed by atoms with Gasteiger partial charge in [0.25, 0.3) is 5.56 Å². The third-order valence-electron chi connectivity index (χ3n) is 4.54. The first-order valence-corrected chi connectivity index (χ1v) is 10.8. The van der Waals surface area contributed by atoms with Crippen LogP contribution in [0.1, 0.15) is 51.9 Å². The summed E-state index contributed by atoms with van der Waals surface area (Å²) in [6, 6.07) is 0.390. The highest BCUT2D eigenvalue weighted by molar-refractivity contribution is 6.18. The van der Waals surface area contributed by atoms with Crippen LogP contribution in [0.4, 0.5) is 9.18 Å². The second-order valence-electron chi connectivity index (χ2n) is 8.70. The van der Waals surface area contributed by atoms with Crippen molar-refractivity contribution in [2.24, 2.45) is 7.05 Å². The van der Waals surface area contributed by atoms with Crippen molar-refractivity contribution < 1.29 is 23.2 Å². The predicted molar refractivity (Wildman–Crippen MR) is 117 cm³/mol. The molecule has 0 bridgehead atoms. The molecule has 1 amide bonds. The maximum atomic E-state index is 14.2. The number of hydrogen-bond donors (Lipinski definition) is 1. The Kier molecular flexibility index (Phi) is 8.64. The molecular weight excluding hydrogens is 461 g/mol. The van der Waals surface area contributed by atoms with Gasteiger partial charge in [-0.25, -0.2) is 18.7 Å². The number of amides is 1. The van der Waals surface area contributed by atoms with Crippen LogP contribution in [0.5, 0.6) is 5.88 Å². The highest BCUT2D eigenvalue weighted by Crippen LogP contribution is 2.21. The van der Waals surface area contributed by atoms with Crippen LogP contribution in [0, 0.1) is 0 Å². The number of nitrogens with zero attached hydrogens (tertiary/aromatic N) is 4. The lowest BCUT2D eigenvalue weighted by atomic mass is 10.1. The average Bonchev–Trinajstić information content (AvgIpc) is 3.12. The second kappa shape index (κ2) is 10.8. The third-order valence-corrected chi connectivity index (χ3v) is 4.85. The number of hydrogen-bond acceptors (Lipinski definition) is 8. The van der Waals surface area contributed by atoms with Crippen LogP contribution in [-0.4, -0.2) is 61.2 Å². The van der Waals surface area contributed by atoms with Crippen LogP contribution in [0.3, 0.4) is 0 Å². The molecule has 0 saturated carbocycles. The van der Waals surface area contributed by atoms with E-state index in [0.29, 0.717) is 5.56 Å². The molecule has 0 saturated heterocycles. The number of aryl methyl sites for hydroxylation is 1. The fourth-order valence-corrected chi connectivity index (χ4v) is 3.32. The van der Waals surface area contributed by atoms with E-state index in [4.69, 9.17) is 21.1 Å². The van der Waals surface area contributed by atoms with Gasteiger partial charge < -0.3 is 9.47 Å². The molecule has 1 unspecified atom stereocenters. The minimum absolute atomic E-state index is 0.00227. The van der Waals surface area contributed by atoms with Crippen molar-refractivity contribution in [1.29, 1.82) is 0 Å². The number of aromatic nitrogens is 4. The normalized spacial score (nSPS) is 13.6. The first kappa shape index (κ1) is 26.4. The van der Waals surface area contributed by atoms with E-state index in [1.165, 1.54) is 13.1 Å². The zero-order chi connectivity index (χ0) is 24.9. The molecule has 2 aromatic rings. The summed E-state index contributed by atoms with van der Waals surface area (Å²) in [6.45, 7) is 7.35. The van der Waals surface area contributed by atoms with Gasteiger partial charge >= 0.3 is 11.8 Å². The van der Waals surface area contributed by atoms with E-state index in [-0.39, 0.29) is 35.6 Å². The lowest BCUT2D eigenvalue weighted by Gasteiger charge is -2.35. The predicted octanol–water partition coefficient (Wildman–Crippen LogP) is 2.34. The topological polar surface area (TPSA) is 133 Å².